The van der Waals surface area contributed by atoms with E-state index in [1.54, 1.807) is 25.3 Å². The van der Waals surface area contributed by atoms with Crippen molar-refractivity contribution in [3.8, 4) is 17.6 Å². The number of carbonyl (C=O) groups is 1. The second-order valence-corrected chi connectivity index (χ2v) is 6.13. The molecule has 2 aromatic rings. The van der Waals surface area contributed by atoms with E-state index < -0.39 is 0 Å². The lowest BCUT2D eigenvalue weighted by atomic mass is 10.2. The minimum absolute atomic E-state index is 0.196. The number of anilines is 1. The van der Waals surface area contributed by atoms with Gasteiger partial charge in [0.1, 0.15) is 5.75 Å². The molecule has 24 heavy (non-hydrogen) atoms. The molecule has 0 heterocycles. The van der Waals surface area contributed by atoms with Crippen molar-refractivity contribution in [1.82, 2.24) is 5.32 Å². The first-order valence-corrected chi connectivity index (χ1v) is 8.18. The molecule has 0 radical (unpaired) electrons. The molecule has 0 aliphatic carbocycles. The van der Waals surface area contributed by atoms with Crippen LogP contribution in [0.15, 0.2) is 46.9 Å². The molecule has 124 valence electrons. The van der Waals surface area contributed by atoms with Crippen LogP contribution in [-0.4, -0.2) is 33.7 Å². The number of amides is 1. The van der Waals surface area contributed by atoms with Crippen LogP contribution < -0.4 is 15.0 Å². The molecule has 1 N–H and O–H groups in total. The van der Waals surface area contributed by atoms with Gasteiger partial charge >= 0.3 is 0 Å². The summed E-state index contributed by atoms with van der Waals surface area (Å²) in [5, 5.41) is 2.78. The van der Waals surface area contributed by atoms with Gasteiger partial charge in [0.2, 0.25) is 0 Å². The van der Waals surface area contributed by atoms with Crippen LogP contribution in [0.1, 0.15) is 15.9 Å². The normalized spacial score (nSPS) is 9.67. The minimum Gasteiger partial charge on any atom is -0.497 e. The van der Waals surface area contributed by atoms with Gasteiger partial charge in [-0.1, -0.05) is 11.8 Å². The van der Waals surface area contributed by atoms with Gasteiger partial charge in [-0.25, -0.2) is 0 Å². The van der Waals surface area contributed by atoms with Crippen molar-refractivity contribution in [2.75, 3.05) is 32.6 Å². The van der Waals surface area contributed by atoms with Crippen LogP contribution in [0.4, 0.5) is 5.69 Å². The number of halogens is 1. The molecule has 1 amide bonds. The van der Waals surface area contributed by atoms with E-state index in [4.69, 9.17) is 4.74 Å². The molecule has 0 aliphatic heterocycles. The molecule has 0 unspecified atom stereocenters. The summed E-state index contributed by atoms with van der Waals surface area (Å²) in [6, 6.07) is 13.2. The topological polar surface area (TPSA) is 41.6 Å². The van der Waals surface area contributed by atoms with E-state index in [0.717, 1.165) is 11.3 Å². The maximum Gasteiger partial charge on any atom is 0.253 e. The lowest BCUT2D eigenvalue weighted by Crippen LogP contribution is -2.24. The molecular formula is C19H19BrN2O2. The highest BCUT2D eigenvalue weighted by Crippen LogP contribution is 2.22. The van der Waals surface area contributed by atoms with Crippen molar-refractivity contribution in [3.05, 3.63) is 58.1 Å². The summed E-state index contributed by atoms with van der Waals surface area (Å²) >= 11 is 3.37. The first-order valence-electron chi connectivity index (χ1n) is 7.39. The predicted molar refractivity (Wildman–Crippen MR) is 101 cm³/mol. The monoisotopic (exact) mass is 386 g/mol. The van der Waals surface area contributed by atoms with Gasteiger partial charge in [-0.05, 0) is 58.4 Å². The summed E-state index contributed by atoms with van der Waals surface area (Å²) in [6.07, 6.45) is 0. The maximum absolute atomic E-state index is 12.2. The van der Waals surface area contributed by atoms with Gasteiger partial charge in [0, 0.05) is 29.8 Å². The fraction of sp³-hybridized carbons (Fsp3) is 0.211. The van der Waals surface area contributed by atoms with Crippen LogP contribution >= 0.6 is 15.9 Å². The summed E-state index contributed by atoms with van der Waals surface area (Å²) in [6.45, 7) is 0.276. The summed E-state index contributed by atoms with van der Waals surface area (Å²) in [7, 11) is 5.55. The van der Waals surface area contributed by atoms with Crippen molar-refractivity contribution in [1.29, 1.82) is 0 Å². The SMILES string of the molecule is COc1ccc(Br)c(C(=O)NCC#Cc2ccc(N(C)C)cc2)c1. The molecule has 0 fully saturated rings. The minimum atomic E-state index is -0.196. The Hall–Kier alpha value is -2.45. The quantitative estimate of drug-likeness (QED) is 0.819. The molecule has 0 aromatic heterocycles. The van der Waals surface area contributed by atoms with E-state index in [1.165, 1.54) is 0 Å². The Labute approximate surface area is 150 Å². The van der Waals surface area contributed by atoms with Gasteiger partial charge in [-0.15, -0.1) is 0 Å². The number of ether oxygens (including phenoxy) is 1. The Kier molecular flexibility index (Phi) is 6.28. The summed E-state index contributed by atoms with van der Waals surface area (Å²) in [4.78, 5) is 14.2. The molecule has 0 saturated heterocycles. The van der Waals surface area contributed by atoms with E-state index in [0.29, 0.717) is 15.8 Å². The van der Waals surface area contributed by atoms with Crippen molar-refractivity contribution < 1.29 is 9.53 Å². The molecular weight excluding hydrogens is 368 g/mol. The van der Waals surface area contributed by atoms with E-state index in [1.807, 2.05) is 43.3 Å². The van der Waals surface area contributed by atoms with Crippen LogP contribution in [0.3, 0.4) is 0 Å². The Balaban J connectivity index is 1.96. The number of nitrogens with zero attached hydrogens (tertiary/aromatic N) is 1. The summed E-state index contributed by atoms with van der Waals surface area (Å²) < 4.78 is 5.85. The highest BCUT2D eigenvalue weighted by Gasteiger charge is 2.10. The standard InChI is InChI=1S/C19H19BrN2O2/c1-22(2)15-8-6-14(7-9-15)5-4-12-21-19(23)17-13-16(24-3)10-11-18(17)20/h6-11,13H,12H2,1-3H3,(H,21,23). The molecule has 2 rings (SSSR count). The molecule has 0 spiro atoms. The molecule has 2 aromatic carbocycles. The van der Waals surface area contributed by atoms with Gasteiger partial charge in [-0.3, -0.25) is 4.79 Å². The highest BCUT2D eigenvalue weighted by molar-refractivity contribution is 9.10. The zero-order valence-electron chi connectivity index (χ0n) is 13.9. The van der Waals surface area contributed by atoms with Crippen LogP contribution in [0.5, 0.6) is 5.75 Å². The molecule has 0 aliphatic rings. The zero-order chi connectivity index (χ0) is 17.5. The third kappa shape index (κ3) is 4.77. The molecule has 4 nitrogen and oxygen atoms in total. The fourth-order valence-corrected chi connectivity index (χ4v) is 2.44. The number of benzene rings is 2. The van der Waals surface area contributed by atoms with Crippen molar-refractivity contribution >= 4 is 27.5 Å². The third-order valence-corrected chi connectivity index (χ3v) is 4.06. The summed E-state index contributed by atoms with van der Waals surface area (Å²) in [5.74, 6) is 6.43. The first kappa shape index (κ1) is 17.9. The van der Waals surface area contributed by atoms with E-state index in [2.05, 4.69) is 33.1 Å². The van der Waals surface area contributed by atoms with Crippen LogP contribution in [-0.2, 0) is 0 Å². The Morgan fingerprint density at radius 2 is 1.92 bits per heavy atom. The van der Waals surface area contributed by atoms with E-state index in [-0.39, 0.29) is 12.5 Å². The number of rotatable bonds is 4. The molecule has 0 saturated carbocycles. The average molecular weight is 387 g/mol. The zero-order valence-corrected chi connectivity index (χ0v) is 15.5. The van der Waals surface area contributed by atoms with E-state index in [9.17, 15) is 4.79 Å². The van der Waals surface area contributed by atoms with Gasteiger partial charge in [0.15, 0.2) is 0 Å². The van der Waals surface area contributed by atoms with Crippen LogP contribution in [0, 0.1) is 11.8 Å². The number of carbonyl (C=O) groups excluding carboxylic acids is 1. The van der Waals surface area contributed by atoms with Gasteiger partial charge in [-0.2, -0.15) is 0 Å². The smallest absolute Gasteiger partial charge is 0.253 e. The average Bonchev–Trinajstić information content (AvgIpc) is 2.59. The van der Waals surface area contributed by atoms with Crippen LogP contribution in [0.25, 0.3) is 0 Å². The fourth-order valence-electron chi connectivity index (χ4n) is 2.01. The Morgan fingerprint density at radius 1 is 1.21 bits per heavy atom. The maximum atomic E-state index is 12.2. The lowest BCUT2D eigenvalue weighted by molar-refractivity contribution is 0.0957. The van der Waals surface area contributed by atoms with Crippen molar-refractivity contribution in [2.45, 2.75) is 0 Å². The van der Waals surface area contributed by atoms with Crippen LogP contribution in [0.2, 0.25) is 0 Å². The second kappa shape index (κ2) is 8.42. The van der Waals surface area contributed by atoms with Crippen molar-refractivity contribution in [2.24, 2.45) is 0 Å². The number of hydrogen-bond acceptors (Lipinski definition) is 3. The van der Waals surface area contributed by atoms with Gasteiger partial charge < -0.3 is 15.0 Å². The molecule has 0 bridgehead atoms. The number of nitrogens with one attached hydrogen (secondary N) is 1. The first-order chi connectivity index (χ1) is 11.5. The Morgan fingerprint density at radius 3 is 2.54 bits per heavy atom. The predicted octanol–water partition coefficient (Wildman–Crippen LogP) is 3.31. The molecule has 5 heteroatoms. The van der Waals surface area contributed by atoms with E-state index >= 15 is 0 Å². The lowest BCUT2D eigenvalue weighted by Gasteiger charge is -2.11. The number of hydrogen-bond donors (Lipinski definition) is 1. The van der Waals surface area contributed by atoms with Crippen molar-refractivity contribution in [3.63, 3.8) is 0 Å². The molecule has 0 atom stereocenters. The highest BCUT2D eigenvalue weighted by atomic mass is 79.9. The number of methoxy groups -OCH3 is 1. The van der Waals surface area contributed by atoms with Gasteiger partial charge in [0.05, 0.1) is 19.2 Å². The summed E-state index contributed by atoms with van der Waals surface area (Å²) in [5.41, 5.74) is 2.56. The Bertz CT molecular complexity index is 774. The van der Waals surface area contributed by atoms with Gasteiger partial charge in [0.25, 0.3) is 5.91 Å². The second-order valence-electron chi connectivity index (χ2n) is 5.27. The third-order valence-electron chi connectivity index (χ3n) is 3.37. The largest absolute Gasteiger partial charge is 0.497 e.